The van der Waals surface area contributed by atoms with Gasteiger partial charge in [-0.2, -0.15) is 0 Å². The molecule has 0 radical (unpaired) electrons. The smallest absolute Gasteiger partial charge is 0.327 e. The standard InChI is InChI=1S/C9H12N4O4/c1-16-2-3-17-4-5-10-6-7(11-5)12-9(15)13-8(6)14/h2-4H2,1H3,(H3,10,11,12,13,14,15). The maximum atomic E-state index is 11.4. The van der Waals surface area contributed by atoms with Crippen molar-refractivity contribution in [3.05, 3.63) is 26.7 Å². The van der Waals surface area contributed by atoms with E-state index in [-0.39, 0.29) is 17.8 Å². The van der Waals surface area contributed by atoms with Gasteiger partial charge >= 0.3 is 5.69 Å². The van der Waals surface area contributed by atoms with Crippen molar-refractivity contribution in [3.63, 3.8) is 0 Å². The zero-order chi connectivity index (χ0) is 12.3. The third-order valence-electron chi connectivity index (χ3n) is 2.11. The highest BCUT2D eigenvalue weighted by molar-refractivity contribution is 5.68. The summed E-state index contributed by atoms with van der Waals surface area (Å²) >= 11 is 0. The Morgan fingerprint density at radius 2 is 2.00 bits per heavy atom. The highest BCUT2D eigenvalue weighted by atomic mass is 16.5. The maximum Gasteiger partial charge on any atom is 0.327 e. The van der Waals surface area contributed by atoms with E-state index in [4.69, 9.17) is 9.47 Å². The molecule has 8 nitrogen and oxygen atoms in total. The molecule has 0 fully saturated rings. The van der Waals surface area contributed by atoms with E-state index < -0.39 is 11.2 Å². The van der Waals surface area contributed by atoms with Crippen LogP contribution in [-0.4, -0.2) is 40.3 Å². The lowest BCUT2D eigenvalue weighted by Gasteiger charge is -1.99. The molecule has 2 rings (SSSR count). The SMILES string of the molecule is COCCOCc1nc2[nH]c(=O)[nH]c(=O)c2[nH]1. The summed E-state index contributed by atoms with van der Waals surface area (Å²) in [6, 6.07) is 0. The molecule has 0 amide bonds. The predicted octanol–water partition coefficient (Wildman–Crippen LogP) is -0.897. The summed E-state index contributed by atoms with van der Waals surface area (Å²) in [6.07, 6.45) is 0. The Kier molecular flexibility index (Phi) is 3.35. The Morgan fingerprint density at radius 3 is 2.76 bits per heavy atom. The second kappa shape index (κ2) is 4.93. The van der Waals surface area contributed by atoms with Crippen molar-refractivity contribution in [3.8, 4) is 0 Å². The highest BCUT2D eigenvalue weighted by Crippen LogP contribution is 2.02. The zero-order valence-corrected chi connectivity index (χ0v) is 9.20. The molecule has 0 unspecified atom stereocenters. The molecule has 2 aromatic heterocycles. The number of fused-ring (bicyclic) bond motifs is 1. The molecular weight excluding hydrogens is 228 g/mol. The largest absolute Gasteiger partial charge is 0.382 e. The fourth-order valence-electron chi connectivity index (χ4n) is 1.36. The predicted molar refractivity (Wildman–Crippen MR) is 58.9 cm³/mol. The van der Waals surface area contributed by atoms with Crippen LogP contribution in [0.15, 0.2) is 9.59 Å². The summed E-state index contributed by atoms with van der Waals surface area (Å²) in [5.74, 6) is 0.475. The summed E-state index contributed by atoms with van der Waals surface area (Å²) in [7, 11) is 1.58. The van der Waals surface area contributed by atoms with E-state index in [1.165, 1.54) is 0 Å². The number of methoxy groups -OCH3 is 1. The molecule has 2 aromatic rings. The van der Waals surface area contributed by atoms with E-state index >= 15 is 0 Å². The second-order valence-corrected chi connectivity index (χ2v) is 3.36. The summed E-state index contributed by atoms with van der Waals surface area (Å²) in [5.41, 5.74) is -0.626. The van der Waals surface area contributed by atoms with Crippen LogP contribution in [0.3, 0.4) is 0 Å². The van der Waals surface area contributed by atoms with Gasteiger partial charge in [-0.1, -0.05) is 0 Å². The molecule has 0 bridgehead atoms. The van der Waals surface area contributed by atoms with E-state index in [9.17, 15) is 9.59 Å². The van der Waals surface area contributed by atoms with Gasteiger partial charge in [-0.15, -0.1) is 0 Å². The molecule has 8 heteroatoms. The average Bonchev–Trinajstić information content (AvgIpc) is 2.67. The lowest BCUT2D eigenvalue weighted by molar-refractivity contribution is 0.0590. The first-order valence-electron chi connectivity index (χ1n) is 4.98. The Balaban J connectivity index is 2.18. The number of aromatic nitrogens is 4. The molecule has 0 atom stereocenters. The van der Waals surface area contributed by atoms with Crippen molar-refractivity contribution >= 4 is 11.2 Å². The number of aromatic amines is 3. The van der Waals surface area contributed by atoms with Gasteiger partial charge in [-0.3, -0.25) is 14.8 Å². The first-order chi connectivity index (χ1) is 8.20. The number of nitrogens with one attached hydrogen (secondary N) is 3. The normalized spacial score (nSPS) is 11.1. The molecule has 0 aliphatic rings. The molecule has 0 aromatic carbocycles. The van der Waals surface area contributed by atoms with Gasteiger partial charge in [-0.25, -0.2) is 9.78 Å². The number of H-pyrrole nitrogens is 3. The van der Waals surface area contributed by atoms with Crippen LogP contribution in [0.5, 0.6) is 0 Å². The minimum Gasteiger partial charge on any atom is -0.382 e. The first-order valence-corrected chi connectivity index (χ1v) is 4.98. The minimum absolute atomic E-state index is 0.222. The van der Waals surface area contributed by atoms with Crippen LogP contribution in [0.25, 0.3) is 11.2 Å². The Labute approximate surface area is 95.0 Å². The van der Waals surface area contributed by atoms with Crippen molar-refractivity contribution < 1.29 is 9.47 Å². The molecule has 2 heterocycles. The van der Waals surface area contributed by atoms with Crippen LogP contribution < -0.4 is 11.2 Å². The summed E-state index contributed by atoms with van der Waals surface area (Å²) in [6.45, 7) is 1.14. The van der Waals surface area contributed by atoms with Gasteiger partial charge in [0.2, 0.25) is 0 Å². The number of rotatable bonds is 5. The monoisotopic (exact) mass is 240 g/mol. The number of hydrogen-bond donors (Lipinski definition) is 3. The van der Waals surface area contributed by atoms with E-state index in [2.05, 4.69) is 19.9 Å². The fraction of sp³-hybridized carbons (Fsp3) is 0.444. The minimum atomic E-state index is -0.583. The van der Waals surface area contributed by atoms with Crippen LogP contribution in [0.4, 0.5) is 0 Å². The topological polar surface area (TPSA) is 113 Å². The van der Waals surface area contributed by atoms with E-state index in [1.807, 2.05) is 0 Å². The van der Waals surface area contributed by atoms with Crippen LogP contribution in [-0.2, 0) is 16.1 Å². The Hall–Kier alpha value is -1.93. The van der Waals surface area contributed by atoms with Gasteiger partial charge in [0.1, 0.15) is 17.9 Å². The molecule has 0 saturated heterocycles. The summed E-state index contributed by atoms with van der Waals surface area (Å²) in [4.78, 5) is 33.7. The fourth-order valence-corrected chi connectivity index (χ4v) is 1.36. The van der Waals surface area contributed by atoms with Gasteiger partial charge < -0.3 is 14.5 Å². The average molecular weight is 240 g/mol. The first kappa shape index (κ1) is 11.6. The molecular formula is C9H12N4O4. The second-order valence-electron chi connectivity index (χ2n) is 3.36. The van der Waals surface area contributed by atoms with Gasteiger partial charge in [0.05, 0.1) is 13.2 Å². The number of nitrogens with zero attached hydrogens (tertiary/aromatic N) is 1. The zero-order valence-electron chi connectivity index (χ0n) is 9.20. The molecule has 92 valence electrons. The Bertz CT molecular complexity index is 611. The van der Waals surface area contributed by atoms with E-state index in [1.54, 1.807) is 7.11 Å². The van der Waals surface area contributed by atoms with Crippen molar-refractivity contribution in [2.45, 2.75) is 6.61 Å². The molecule has 0 saturated carbocycles. The van der Waals surface area contributed by atoms with Gasteiger partial charge in [0.25, 0.3) is 5.56 Å². The van der Waals surface area contributed by atoms with Crippen molar-refractivity contribution in [1.82, 2.24) is 19.9 Å². The lowest BCUT2D eigenvalue weighted by Crippen LogP contribution is -2.21. The van der Waals surface area contributed by atoms with Crippen molar-refractivity contribution in [2.24, 2.45) is 0 Å². The quantitative estimate of drug-likeness (QED) is 0.586. The van der Waals surface area contributed by atoms with Gasteiger partial charge in [0.15, 0.2) is 5.65 Å². The molecule has 17 heavy (non-hydrogen) atoms. The third kappa shape index (κ3) is 2.60. The van der Waals surface area contributed by atoms with Crippen LogP contribution in [0.2, 0.25) is 0 Å². The van der Waals surface area contributed by atoms with Gasteiger partial charge in [0, 0.05) is 7.11 Å². The van der Waals surface area contributed by atoms with Crippen LogP contribution in [0.1, 0.15) is 5.82 Å². The molecule has 0 aliphatic heterocycles. The van der Waals surface area contributed by atoms with Crippen LogP contribution >= 0.6 is 0 Å². The van der Waals surface area contributed by atoms with Crippen molar-refractivity contribution in [2.75, 3.05) is 20.3 Å². The van der Waals surface area contributed by atoms with E-state index in [0.29, 0.717) is 19.0 Å². The Morgan fingerprint density at radius 1 is 1.18 bits per heavy atom. The summed E-state index contributed by atoms with van der Waals surface area (Å²) < 4.78 is 10.1. The highest BCUT2D eigenvalue weighted by Gasteiger charge is 2.07. The van der Waals surface area contributed by atoms with E-state index in [0.717, 1.165) is 0 Å². The van der Waals surface area contributed by atoms with Gasteiger partial charge in [-0.05, 0) is 0 Å². The number of hydrogen-bond acceptors (Lipinski definition) is 5. The number of ether oxygens (including phenoxy) is 2. The summed E-state index contributed by atoms with van der Waals surface area (Å²) in [5, 5.41) is 0. The molecule has 0 spiro atoms. The molecule has 0 aliphatic carbocycles. The molecule has 3 N–H and O–H groups in total. The third-order valence-corrected chi connectivity index (χ3v) is 2.11. The van der Waals surface area contributed by atoms with Crippen molar-refractivity contribution in [1.29, 1.82) is 0 Å². The maximum absolute atomic E-state index is 11.4. The number of imidazole rings is 1. The van der Waals surface area contributed by atoms with Crippen LogP contribution in [0, 0.1) is 0 Å². The lowest BCUT2D eigenvalue weighted by atomic mass is 10.5.